The molecule has 2 aliphatic carbocycles. The number of rotatable bonds is 10. The summed E-state index contributed by atoms with van der Waals surface area (Å²) in [5.41, 5.74) is 1.81. The summed E-state index contributed by atoms with van der Waals surface area (Å²) in [6, 6.07) is 4.12. The molecule has 1 aliphatic heterocycles. The van der Waals surface area contributed by atoms with Gasteiger partial charge in [0.15, 0.2) is 11.5 Å². The quantitative estimate of drug-likeness (QED) is 0.316. The average Bonchev–Trinajstić information content (AvgIpc) is 2.80. The molecule has 0 N–H and O–H groups in total. The van der Waals surface area contributed by atoms with Crippen LogP contribution < -0.4 is 9.47 Å². The second-order valence-corrected chi connectivity index (χ2v) is 11.5. The lowest BCUT2D eigenvalue weighted by atomic mass is 9.42. The average molecular weight is 512 g/mol. The van der Waals surface area contributed by atoms with Gasteiger partial charge in [-0.2, -0.15) is 0 Å². The maximum absolute atomic E-state index is 6.24. The summed E-state index contributed by atoms with van der Waals surface area (Å²) in [6.45, 7) is 12.3. The second kappa shape index (κ2) is 10.2. The Morgan fingerprint density at radius 2 is 1.69 bits per heavy atom. The van der Waals surface area contributed by atoms with Crippen molar-refractivity contribution in [3.8, 4) is 11.5 Å². The van der Waals surface area contributed by atoms with Gasteiger partial charge in [0.05, 0.1) is 34.0 Å². The Morgan fingerprint density at radius 1 is 1.03 bits per heavy atom. The highest BCUT2D eigenvalue weighted by Crippen LogP contribution is 2.63. The summed E-state index contributed by atoms with van der Waals surface area (Å²) in [5.74, 6) is 4.27. The molecular formula is C26H41BrNO4+. The van der Waals surface area contributed by atoms with Crippen LogP contribution in [0.3, 0.4) is 0 Å². The molecule has 1 aromatic carbocycles. The van der Waals surface area contributed by atoms with E-state index in [0.717, 1.165) is 90.8 Å². The molecule has 180 valence electrons. The van der Waals surface area contributed by atoms with Crippen LogP contribution >= 0.6 is 15.9 Å². The number of benzene rings is 1. The number of fused-ring (bicyclic) bond motifs is 2. The van der Waals surface area contributed by atoms with Crippen LogP contribution in [0.1, 0.15) is 45.1 Å². The number of nitrogens with zero attached hydrogens (tertiary/aromatic N) is 1. The fourth-order valence-corrected chi connectivity index (χ4v) is 7.27. The Bertz CT molecular complexity index is 763. The van der Waals surface area contributed by atoms with Crippen molar-refractivity contribution in [3.63, 3.8) is 0 Å². The molecule has 2 unspecified atom stereocenters. The molecule has 0 amide bonds. The van der Waals surface area contributed by atoms with Crippen LogP contribution in [0.15, 0.2) is 16.6 Å². The lowest BCUT2D eigenvalue weighted by Gasteiger charge is -2.63. The van der Waals surface area contributed by atoms with Gasteiger partial charge in [0.25, 0.3) is 0 Å². The molecule has 32 heavy (non-hydrogen) atoms. The maximum atomic E-state index is 6.24. The fraction of sp³-hybridized carbons (Fsp3) is 0.769. The van der Waals surface area contributed by atoms with E-state index in [1.54, 1.807) is 14.2 Å². The van der Waals surface area contributed by atoms with E-state index in [-0.39, 0.29) is 0 Å². The van der Waals surface area contributed by atoms with E-state index in [1.165, 1.54) is 31.2 Å². The highest BCUT2D eigenvalue weighted by atomic mass is 79.9. The van der Waals surface area contributed by atoms with Crippen molar-refractivity contribution in [3.05, 3.63) is 22.2 Å². The lowest BCUT2D eigenvalue weighted by molar-refractivity contribution is -0.947. The largest absolute Gasteiger partial charge is 0.493 e. The number of hydrogen-bond donors (Lipinski definition) is 0. The Hall–Kier alpha value is -0.820. The van der Waals surface area contributed by atoms with Crippen molar-refractivity contribution in [1.82, 2.24) is 0 Å². The van der Waals surface area contributed by atoms with Crippen molar-refractivity contribution >= 4 is 15.9 Å². The zero-order valence-electron chi connectivity index (χ0n) is 20.3. The number of morpholine rings is 1. The minimum atomic E-state index is 0.568. The van der Waals surface area contributed by atoms with Gasteiger partial charge < -0.3 is 23.4 Å². The van der Waals surface area contributed by atoms with Gasteiger partial charge in [-0.3, -0.25) is 0 Å². The molecule has 1 aromatic rings. The van der Waals surface area contributed by atoms with Crippen molar-refractivity contribution in [2.45, 2.75) is 46.1 Å². The number of halogens is 1. The number of ether oxygens (including phenoxy) is 4. The van der Waals surface area contributed by atoms with E-state index < -0.39 is 0 Å². The summed E-state index contributed by atoms with van der Waals surface area (Å²) >= 11 is 3.75. The smallest absolute Gasteiger partial charge is 0.161 e. The van der Waals surface area contributed by atoms with Gasteiger partial charge >= 0.3 is 0 Å². The first-order valence-electron chi connectivity index (χ1n) is 12.3. The third-order valence-corrected chi connectivity index (χ3v) is 9.50. The summed E-state index contributed by atoms with van der Waals surface area (Å²) < 4.78 is 25.0. The highest BCUT2D eigenvalue weighted by molar-refractivity contribution is 9.10. The van der Waals surface area contributed by atoms with Gasteiger partial charge in [-0.1, -0.05) is 36.2 Å². The Balaban J connectivity index is 1.32. The molecule has 2 saturated carbocycles. The van der Waals surface area contributed by atoms with Gasteiger partial charge in [-0.25, -0.2) is 0 Å². The zero-order valence-corrected chi connectivity index (χ0v) is 21.9. The first kappa shape index (κ1) is 24.3. The standard InChI is InChI=1S/C26H41BrNO4/c1-26(2)21-6-5-7-22(26)20(21)8-12-31-13-9-28(10-14-32-15-11-28)18-19-16-24(29-3)25(30-4)17-23(19)27/h16-17,20-22H,5-15,18H2,1-4H3/q+1. The third kappa shape index (κ3) is 4.84. The fourth-order valence-electron chi connectivity index (χ4n) is 6.82. The maximum Gasteiger partial charge on any atom is 0.161 e. The van der Waals surface area contributed by atoms with Crippen molar-refractivity contribution in [1.29, 1.82) is 0 Å². The summed E-state index contributed by atoms with van der Waals surface area (Å²) in [6.07, 6.45) is 5.52. The van der Waals surface area contributed by atoms with Crippen molar-refractivity contribution < 1.29 is 23.4 Å². The van der Waals surface area contributed by atoms with E-state index in [2.05, 4.69) is 35.8 Å². The minimum Gasteiger partial charge on any atom is -0.493 e. The van der Waals surface area contributed by atoms with Gasteiger partial charge in [-0.15, -0.1) is 0 Å². The molecule has 0 spiro atoms. The first-order chi connectivity index (χ1) is 15.4. The Morgan fingerprint density at radius 3 is 2.31 bits per heavy atom. The molecule has 6 heteroatoms. The van der Waals surface area contributed by atoms with Gasteiger partial charge in [-0.05, 0) is 54.6 Å². The molecule has 1 heterocycles. The normalized spacial score (nSPS) is 28.1. The van der Waals surface area contributed by atoms with E-state index in [0.29, 0.717) is 5.41 Å². The topological polar surface area (TPSA) is 36.9 Å². The predicted octanol–water partition coefficient (Wildman–Crippen LogP) is 5.29. The SMILES string of the molecule is COc1cc(Br)c(C[N+]2(CCOCCC3C4CCCC3C4(C)C)CCOCC2)cc1OC. The van der Waals surface area contributed by atoms with Crippen LogP contribution in [0, 0.1) is 23.2 Å². The van der Waals surface area contributed by atoms with Crippen molar-refractivity contribution in [2.75, 3.05) is 60.3 Å². The van der Waals surface area contributed by atoms with Crippen LogP contribution in [0.25, 0.3) is 0 Å². The monoisotopic (exact) mass is 510 g/mol. The van der Waals surface area contributed by atoms with Crippen LogP contribution in [-0.2, 0) is 16.0 Å². The van der Waals surface area contributed by atoms with Gasteiger partial charge in [0.2, 0.25) is 0 Å². The first-order valence-corrected chi connectivity index (χ1v) is 13.1. The Kier molecular flexibility index (Phi) is 7.75. The molecule has 2 bridgehead atoms. The van der Waals surface area contributed by atoms with Gasteiger partial charge in [0.1, 0.15) is 26.2 Å². The summed E-state index contributed by atoms with van der Waals surface area (Å²) in [4.78, 5) is 0. The van der Waals surface area contributed by atoms with E-state index in [4.69, 9.17) is 18.9 Å². The molecular weight excluding hydrogens is 470 g/mol. The predicted molar refractivity (Wildman–Crippen MR) is 130 cm³/mol. The molecule has 3 aliphatic rings. The molecule has 4 rings (SSSR count). The minimum absolute atomic E-state index is 0.568. The molecule has 2 atom stereocenters. The third-order valence-electron chi connectivity index (χ3n) is 8.76. The summed E-state index contributed by atoms with van der Waals surface area (Å²) in [5, 5.41) is 0. The van der Waals surface area contributed by atoms with Crippen LogP contribution in [0.5, 0.6) is 11.5 Å². The Labute approximate surface area is 202 Å². The molecule has 5 nitrogen and oxygen atoms in total. The van der Waals surface area contributed by atoms with Crippen LogP contribution in [0.4, 0.5) is 0 Å². The highest BCUT2D eigenvalue weighted by Gasteiger charge is 2.56. The molecule has 1 saturated heterocycles. The lowest BCUT2D eigenvalue weighted by Crippen LogP contribution is -2.56. The zero-order chi connectivity index (χ0) is 22.8. The number of methoxy groups -OCH3 is 2. The molecule has 3 fully saturated rings. The van der Waals surface area contributed by atoms with Crippen molar-refractivity contribution in [2.24, 2.45) is 23.2 Å². The van der Waals surface area contributed by atoms with Crippen LogP contribution in [-0.4, -0.2) is 64.8 Å². The van der Waals surface area contributed by atoms with E-state index in [1.807, 2.05) is 6.07 Å². The van der Waals surface area contributed by atoms with E-state index in [9.17, 15) is 0 Å². The van der Waals surface area contributed by atoms with E-state index >= 15 is 0 Å². The van der Waals surface area contributed by atoms with Crippen LogP contribution in [0.2, 0.25) is 0 Å². The molecule has 0 aromatic heterocycles. The number of quaternary nitrogens is 1. The summed E-state index contributed by atoms with van der Waals surface area (Å²) in [7, 11) is 3.37. The van der Waals surface area contributed by atoms with Gasteiger partial charge in [0, 0.05) is 16.6 Å². The molecule has 0 radical (unpaired) electrons. The number of hydrogen-bond acceptors (Lipinski definition) is 4. The second-order valence-electron chi connectivity index (χ2n) is 10.6.